The Balaban J connectivity index is 1.65. The number of halogens is 1. The molecule has 0 saturated heterocycles. The van der Waals surface area contributed by atoms with Crippen molar-refractivity contribution in [2.24, 2.45) is 0 Å². The second-order valence-corrected chi connectivity index (χ2v) is 7.08. The van der Waals surface area contributed by atoms with Crippen molar-refractivity contribution in [3.8, 4) is 11.8 Å². The van der Waals surface area contributed by atoms with Gasteiger partial charge in [-0.05, 0) is 55.0 Å². The summed E-state index contributed by atoms with van der Waals surface area (Å²) in [6, 6.07) is 20.5. The van der Waals surface area contributed by atoms with E-state index in [-0.39, 0.29) is 5.56 Å². The number of aromatic carboxylic acids is 1. The van der Waals surface area contributed by atoms with E-state index in [4.69, 9.17) is 11.6 Å². The molecule has 0 fully saturated rings. The SMILES string of the molecule is Cc1nc2ccc(C(=O)O)cc2n1Cc1ccc(C#Cc2ccccc2)cc1Cl. The number of carbonyl (C=O) groups is 1. The predicted molar refractivity (Wildman–Crippen MR) is 114 cm³/mol. The van der Waals surface area contributed by atoms with Gasteiger partial charge in [-0.25, -0.2) is 9.78 Å². The minimum Gasteiger partial charge on any atom is -0.478 e. The molecule has 0 saturated carbocycles. The second kappa shape index (κ2) is 7.83. The van der Waals surface area contributed by atoms with E-state index in [0.717, 1.165) is 33.5 Å². The third-order valence-electron chi connectivity index (χ3n) is 4.69. The van der Waals surface area contributed by atoms with E-state index in [1.54, 1.807) is 18.2 Å². The average Bonchev–Trinajstić information content (AvgIpc) is 3.03. The summed E-state index contributed by atoms with van der Waals surface area (Å²) in [7, 11) is 0. The number of hydrogen-bond acceptors (Lipinski definition) is 2. The van der Waals surface area contributed by atoms with Crippen molar-refractivity contribution in [2.45, 2.75) is 13.5 Å². The number of carboxylic acid groups (broad SMARTS) is 1. The molecule has 0 radical (unpaired) electrons. The Labute approximate surface area is 173 Å². The Morgan fingerprint density at radius 2 is 1.79 bits per heavy atom. The molecule has 0 atom stereocenters. The highest BCUT2D eigenvalue weighted by Crippen LogP contribution is 2.23. The molecular weight excluding hydrogens is 384 g/mol. The number of aromatic nitrogens is 2. The zero-order valence-electron chi connectivity index (χ0n) is 15.7. The third kappa shape index (κ3) is 4.01. The predicted octanol–water partition coefficient (Wildman–Crippen LogP) is 5.14. The van der Waals surface area contributed by atoms with Gasteiger partial charge in [0, 0.05) is 16.1 Å². The highest BCUT2D eigenvalue weighted by molar-refractivity contribution is 6.31. The van der Waals surface area contributed by atoms with Gasteiger partial charge in [-0.3, -0.25) is 0 Å². The van der Waals surface area contributed by atoms with Crippen molar-refractivity contribution in [3.05, 3.63) is 99.8 Å². The zero-order chi connectivity index (χ0) is 20.4. The van der Waals surface area contributed by atoms with Crippen LogP contribution in [0.25, 0.3) is 11.0 Å². The summed E-state index contributed by atoms with van der Waals surface area (Å²) >= 11 is 6.52. The maximum atomic E-state index is 11.3. The summed E-state index contributed by atoms with van der Waals surface area (Å²) in [5.74, 6) is 6.09. The van der Waals surface area contributed by atoms with Gasteiger partial charge in [0.25, 0.3) is 0 Å². The van der Waals surface area contributed by atoms with Crippen molar-refractivity contribution in [3.63, 3.8) is 0 Å². The Hall–Kier alpha value is -3.55. The lowest BCUT2D eigenvalue weighted by atomic mass is 10.1. The van der Waals surface area contributed by atoms with Crippen molar-refractivity contribution >= 4 is 28.6 Å². The molecule has 0 unspecified atom stereocenters. The highest BCUT2D eigenvalue weighted by atomic mass is 35.5. The van der Waals surface area contributed by atoms with Gasteiger partial charge >= 0.3 is 5.97 Å². The topological polar surface area (TPSA) is 55.1 Å². The van der Waals surface area contributed by atoms with Crippen LogP contribution in [0.2, 0.25) is 5.02 Å². The number of fused-ring (bicyclic) bond motifs is 1. The maximum absolute atomic E-state index is 11.3. The first-order valence-corrected chi connectivity index (χ1v) is 9.45. The lowest BCUT2D eigenvalue weighted by molar-refractivity contribution is 0.0697. The van der Waals surface area contributed by atoms with Crippen LogP contribution in [-0.4, -0.2) is 20.6 Å². The van der Waals surface area contributed by atoms with Crippen molar-refractivity contribution in [1.82, 2.24) is 9.55 Å². The number of imidazole rings is 1. The molecule has 0 bridgehead atoms. The van der Waals surface area contributed by atoms with Crippen LogP contribution in [0.15, 0.2) is 66.7 Å². The summed E-state index contributed by atoms with van der Waals surface area (Å²) in [5.41, 5.74) is 4.46. The van der Waals surface area contributed by atoms with Crippen LogP contribution in [0.1, 0.15) is 32.9 Å². The monoisotopic (exact) mass is 400 g/mol. The van der Waals surface area contributed by atoms with Crippen LogP contribution in [0.3, 0.4) is 0 Å². The molecule has 1 aromatic heterocycles. The van der Waals surface area contributed by atoms with Gasteiger partial charge in [-0.2, -0.15) is 0 Å². The second-order valence-electron chi connectivity index (χ2n) is 6.68. The van der Waals surface area contributed by atoms with Crippen LogP contribution < -0.4 is 0 Å². The number of hydrogen-bond donors (Lipinski definition) is 1. The van der Waals surface area contributed by atoms with E-state index in [1.165, 1.54) is 0 Å². The lowest BCUT2D eigenvalue weighted by Gasteiger charge is -2.09. The summed E-state index contributed by atoms with van der Waals surface area (Å²) in [6.07, 6.45) is 0. The Bertz CT molecular complexity index is 1280. The molecule has 1 heterocycles. The molecule has 0 aliphatic carbocycles. The third-order valence-corrected chi connectivity index (χ3v) is 5.04. The minimum absolute atomic E-state index is 0.233. The molecule has 142 valence electrons. The number of rotatable bonds is 3. The van der Waals surface area contributed by atoms with E-state index in [0.29, 0.717) is 11.6 Å². The van der Waals surface area contributed by atoms with Crippen LogP contribution in [-0.2, 0) is 6.54 Å². The van der Waals surface area contributed by atoms with Crippen molar-refractivity contribution in [2.75, 3.05) is 0 Å². The number of nitrogens with zero attached hydrogens (tertiary/aromatic N) is 2. The zero-order valence-corrected chi connectivity index (χ0v) is 16.4. The fraction of sp³-hybridized carbons (Fsp3) is 0.0833. The van der Waals surface area contributed by atoms with Gasteiger partial charge in [-0.15, -0.1) is 0 Å². The van der Waals surface area contributed by atoms with Gasteiger partial charge in [0.2, 0.25) is 0 Å². The average molecular weight is 401 g/mol. The van der Waals surface area contributed by atoms with Crippen molar-refractivity contribution in [1.29, 1.82) is 0 Å². The van der Waals surface area contributed by atoms with Crippen LogP contribution in [0, 0.1) is 18.8 Å². The van der Waals surface area contributed by atoms with E-state index >= 15 is 0 Å². The molecule has 29 heavy (non-hydrogen) atoms. The van der Waals surface area contributed by atoms with Crippen molar-refractivity contribution < 1.29 is 9.90 Å². The van der Waals surface area contributed by atoms with Crippen LogP contribution >= 0.6 is 11.6 Å². The molecule has 0 spiro atoms. The molecule has 4 rings (SSSR count). The standard InChI is InChI=1S/C24H17ClN2O2/c1-16-26-22-12-11-19(24(28)29)14-23(22)27(16)15-20-10-9-18(13-21(20)25)8-7-17-5-3-2-4-6-17/h2-6,9-14H,15H2,1H3,(H,28,29). The normalized spacial score (nSPS) is 10.6. The first kappa shape index (κ1) is 18.8. The van der Waals surface area contributed by atoms with E-state index in [9.17, 15) is 9.90 Å². The smallest absolute Gasteiger partial charge is 0.335 e. The highest BCUT2D eigenvalue weighted by Gasteiger charge is 2.12. The van der Waals surface area contributed by atoms with E-state index in [2.05, 4.69) is 16.8 Å². The van der Waals surface area contributed by atoms with Gasteiger partial charge in [0.05, 0.1) is 23.1 Å². The molecule has 0 aliphatic rings. The Kier molecular flexibility index (Phi) is 5.07. The van der Waals surface area contributed by atoms with Gasteiger partial charge in [0.1, 0.15) is 5.82 Å². The fourth-order valence-corrected chi connectivity index (χ4v) is 3.41. The van der Waals surface area contributed by atoms with E-state index in [1.807, 2.05) is 60.0 Å². The first-order chi connectivity index (χ1) is 14.0. The molecule has 4 nitrogen and oxygen atoms in total. The van der Waals surface area contributed by atoms with Gasteiger partial charge < -0.3 is 9.67 Å². The molecule has 0 amide bonds. The molecule has 4 aromatic rings. The largest absolute Gasteiger partial charge is 0.478 e. The van der Waals surface area contributed by atoms with E-state index < -0.39 is 5.97 Å². The Morgan fingerprint density at radius 1 is 1.03 bits per heavy atom. The summed E-state index contributed by atoms with van der Waals surface area (Å²) in [5, 5.41) is 9.89. The fourth-order valence-electron chi connectivity index (χ4n) is 3.17. The molecule has 1 N–H and O–H groups in total. The Morgan fingerprint density at radius 3 is 2.52 bits per heavy atom. The molecule has 5 heteroatoms. The van der Waals surface area contributed by atoms with Crippen LogP contribution in [0.5, 0.6) is 0 Å². The number of carboxylic acids is 1. The first-order valence-electron chi connectivity index (χ1n) is 9.07. The molecule has 3 aromatic carbocycles. The summed E-state index contributed by atoms with van der Waals surface area (Å²) < 4.78 is 1.97. The number of aryl methyl sites for hydroxylation is 1. The van der Waals surface area contributed by atoms with Crippen LogP contribution in [0.4, 0.5) is 0 Å². The maximum Gasteiger partial charge on any atom is 0.335 e. The quantitative estimate of drug-likeness (QED) is 0.484. The van der Waals surface area contributed by atoms with Gasteiger partial charge in [0.15, 0.2) is 0 Å². The molecular formula is C24H17ClN2O2. The number of benzene rings is 3. The summed E-state index contributed by atoms with van der Waals surface area (Å²) in [6.45, 7) is 2.39. The molecule has 0 aliphatic heterocycles. The lowest BCUT2D eigenvalue weighted by Crippen LogP contribution is -2.04. The van der Waals surface area contributed by atoms with Gasteiger partial charge in [-0.1, -0.05) is 47.7 Å². The summed E-state index contributed by atoms with van der Waals surface area (Å²) in [4.78, 5) is 15.8. The minimum atomic E-state index is -0.961.